The van der Waals surface area contributed by atoms with Crippen LogP contribution in [0.4, 0.5) is 22.7 Å². The zero-order valence-electron chi connectivity index (χ0n) is 28.1. The molecule has 4 N–H and O–H groups in total. The molecule has 0 aliphatic carbocycles. The molecule has 2 aromatic rings. The van der Waals surface area contributed by atoms with Crippen LogP contribution in [0.3, 0.4) is 0 Å². The second kappa shape index (κ2) is 18.6. The predicted octanol–water partition coefficient (Wildman–Crippen LogP) is 6.83. The molecule has 0 atom stereocenters. The lowest BCUT2D eigenvalue weighted by Crippen LogP contribution is -2.33. The van der Waals surface area contributed by atoms with Gasteiger partial charge in [0, 0.05) is 24.3 Å². The van der Waals surface area contributed by atoms with Crippen LogP contribution >= 0.6 is 15.2 Å². The zero-order valence-corrected chi connectivity index (χ0v) is 29.9. The number of non-ortho nitro benzene ring substituents is 2. The van der Waals surface area contributed by atoms with Gasteiger partial charge < -0.3 is 18.1 Å². The molecule has 18 nitrogen and oxygen atoms in total. The van der Waals surface area contributed by atoms with Crippen LogP contribution in [0.15, 0.2) is 58.5 Å². The fourth-order valence-electron chi connectivity index (χ4n) is 3.65. The molecule has 0 heterocycles. The first kappa shape index (κ1) is 40.3. The number of nitrogens with one attached hydrogen (secondary N) is 4. The van der Waals surface area contributed by atoms with Gasteiger partial charge in [0.05, 0.1) is 58.7 Å². The Labute approximate surface area is 279 Å². The van der Waals surface area contributed by atoms with Crippen molar-refractivity contribution >= 4 is 49.1 Å². The average molecular weight is 715 g/mol. The van der Waals surface area contributed by atoms with Crippen molar-refractivity contribution in [3.8, 4) is 0 Å². The number of nitrogens with zero attached hydrogens (tertiary/aromatic N) is 4. The lowest BCUT2D eigenvalue weighted by molar-refractivity contribution is -0.385. The van der Waals surface area contributed by atoms with Gasteiger partial charge in [-0.3, -0.25) is 61.0 Å². The smallest absolute Gasteiger partial charge is 0.300 e. The van der Waals surface area contributed by atoms with E-state index >= 15 is 0 Å². The number of nitro benzene ring substituents is 2. The lowest BCUT2D eigenvalue weighted by Gasteiger charge is -2.25. The molecule has 0 fully saturated rings. The van der Waals surface area contributed by atoms with Crippen molar-refractivity contribution in [2.75, 3.05) is 23.9 Å². The standard InChI is InChI=1S/C28H44N8O10P2/c1-19(2)43-47(41,44-20(3)4)27(33-31-23-9-13-25(14-10-23)35(37)38)29-17-18-30-28(48(42,45-21(5)6)46-22(7)8)34-32-24-11-15-26(16-12-24)36(39)40/h9-16,19-22,31-32H,17-18H2,1-8H3,(H,29,33)(H,30,34). The highest BCUT2D eigenvalue weighted by Crippen LogP contribution is 2.52. The maximum Gasteiger partial charge on any atom is 0.397 e. The SMILES string of the molecule is CC(C)OP(=O)(OC(C)C)C(=NCCN=C(NNc1ccc([N+](=O)[O-])cc1)P(=O)(OC(C)C)OC(C)C)NNc1ccc([N+](=O)[O-])cc1. The third-order valence-corrected chi connectivity index (χ3v) is 9.67. The van der Waals surface area contributed by atoms with E-state index in [4.69, 9.17) is 18.1 Å². The van der Waals surface area contributed by atoms with Crippen molar-refractivity contribution in [3.63, 3.8) is 0 Å². The Hall–Kier alpha value is -3.92. The summed E-state index contributed by atoms with van der Waals surface area (Å²) in [5.41, 5.74) is 11.3. The highest BCUT2D eigenvalue weighted by molar-refractivity contribution is 7.72. The van der Waals surface area contributed by atoms with Crippen molar-refractivity contribution in [2.24, 2.45) is 9.98 Å². The van der Waals surface area contributed by atoms with Crippen molar-refractivity contribution in [1.29, 1.82) is 0 Å². The van der Waals surface area contributed by atoms with Crippen LogP contribution in [0.25, 0.3) is 0 Å². The molecular formula is C28H44N8O10P2. The van der Waals surface area contributed by atoms with Crippen LogP contribution in [-0.2, 0) is 27.2 Å². The number of anilines is 2. The number of amidine groups is 2. The maximum atomic E-state index is 14.0. The second-order valence-electron chi connectivity index (χ2n) is 11.1. The number of benzene rings is 2. The molecule has 2 rings (SSSR count). The Kier molecular flexibility index (Phi) is 15.6. The van der Waals surface area contributed by atoms with E-state index in [0.717, 1.165) is 0 Å². The summed E-state index contributed by atoms with van der Waals surface area (Å²) in [6.07, 6.45) is -2.08. The number of rotatable bonds is 19. The Balaban J connectivity index is 2.44. The van der Waals surface area contributed by atoms with Crippen molar-refractivity contribution in [3.05, 3.63) is 68.8 Å². The lowest BCUT2D eigenvalue weighted by atomic mass is 10.3. The molecule has 0 saturated carbocycles. The van der Waals surface area contributed by atoms with Gasteiger partial charge in [-0.05, 0) is 79.7 Å². The minimum Gasteiger partial charge on any atom is -0.300 e. The normalized spacial score (nSPS) is 12.9. The molecule has 0 radical (unpaired) electrons. The van der Waals surface area contributed by atoms with E-state index < -0.39 is 49.5 Å². The quantitative estimate of drug-likeness (QED) is 0.0292. The Bertz CT molecular complexity index is 1380. The van der Waals surface area contributed by atoms with Gasteiger partial charge in [0.2, 0.25) is 11.2 Å². The van der Waals surface area contributed by atoms with Crippen LogP contribution in [0.2, 0.25) is 0 Å². The molecule has 0 bridgehead atoms. The topological polar surface area (TPSA) is 230 Å². The van der Waals surface area contributed by atoms with Gasteiger partial charge >= 0.3 is 15.2 Å². The zero-order chi connectivity index (χ0) is 36.1. The average Bonchev–Trinajstić information content (AvgIpc) is 2.96. The molecule has 0 aromatic heterocycles. The summed E-state index contributed by atoms with van der Waals surface area (Å²) in [6, 6.07) is 11.0. The first-order chi connectivity index (χ1) is 22.4. The molecule has 0 unspecified atom stereocenters. The summed E-state index contributed by atoms with van der Waals surface area (Å²) < 4.78 is 50.8. The third-order valence-electron chi connectivity index (χ3n) is 5.33. The van der Waals surface area contributed by atoms with Crippen LogP contribution < -0.4 is 21.7 Å². The molecule has 2 aromatic carbocycles. The van der Waals surface area contributed by atoms with Crippen molar-refractivity contribution < 1.29 is 37.1 Å². The fourth-order valence-corrected chi connectivity index (χ4v) is 7.30. The van der Waals surface area contributed by atoms with Crippen molar-refractivity contribution in [1.82, 2.24) is 10.9 Å². The fraction of sp³-hybridized carbons (Fsp3) is 0.500. The minimum atomic E-state index is -4.06. The van der Waals surface area contributed by atoms with E-state index in [1.807, 2.05) is 0 Å². The van der Waals surface area contributed by atoms with Gasteiger partial charge in [-0.1, -0.05) is 0 Å². The van der Waals surface area contributed by atoms with Crippen LogP contribution in [0.5, 0.6) is 0 Å². The summed E-state index contributed by atoms with van der Waals surface area (Å²) in [6.45, 7) is 13.2. The van der Waals surface area contributed by atoms with E-state index in [1.54, 1.807) is 55.4 Å². The molecule has 48 heavy (non-hydrogen) atoms. The summed E-state index contributed by atoms with van der Waals surface area (Å²) >= 11 is 0. The predicted molar refractivity (Wildman–Crippen MR) is 184 cm³/mol. The summed E-state index contributed by atoms with van der Waals surface area (Å²) in [7, 11) is -8.12. The maximum absolute atomic E-state index is 14.0. The molecule has 0 aliphatic heterocycles. The van der Waals surface area contributed by atoms with Crippen molar-refractivity contribution in [2.45, 2.75) is 79.8 Å². The van der Waals surface area contributed by atoms with Crippen LogP contribution in [0, 0.1) is 20.2 Å². The number of hydrazine groups is 2. The largest absolute Gasteiger partial charge is 0.397 e. The Morgan fingerprint density at radius 2 is 0.875 bits per heavy atom. The molecule has 0 spiro atoms. The first-order valence-corrected chi connectivity index (χ1v) is 18.1. The molecule has 0 aliphatic rings. The Morgan fingerprint density at radius 3 is 1.10 bits per heavy atom. The van der Waals surface area contributed by atoms with E-state index in [1.165, 1.54) is 48.5 Å². The highest BCUT2D eigenvalue weighted by Gasteiger charge is 2.37. The number of nitro groups is 2. The van der Waals surface area contributed by atoms with Crippen LogP contribution in [0.1, 0.15) is 55.4 Å². The van der Waals surface area contributed by atoms with Gasteiger partial charge in [-0.2, -0.15) is 0 Å². The number of hydrogen-bond donors (Lipinski definition) is 4. The molecule has 20 heteroatoms. The van der Waals surface area contributed by atoms with Gasteiger partial charge in [0.15, 0.2) is 0 Å². The van der Waals surface area contributed by atoms with E-state index in [-0.39, 0.29) is 35.6 Å². The first-order valence-electron chi connectivity index (χ1n) is 15.0. The van der Waals surface area contributed by atoms with Gasteiger partial charge in [0.1, 0.15) is 0 Å². The monoisotopic (exact) mass is 714 g/mol. The van der Waals surface area contributed by atoms with E-state index in [2.05, 4.69) is 31.7 Å². The molecular weight excluding hydrogens is 670 g/mol. The van der Waals surface area contributed by atoms with Gasteiger partial charge in [-0.25, -0.2) is 0 Å². The minimum absolute atomic E-state index is 0.114. The second-order valence-corrected chi connectivity index (χ2v) is 14.8. The van der Waals surface area contributed by atoms with Crippen LogP contribution in [-0.4, -0.2) is 58.5 Å². The summed E-state index contributed by atoms with van der Waals surface area (Å²) in [5, 5.41) is 22.1. The number of hydrogen-bond acceptors (Lipinski definition) is 14. The van der Waals surface area contributed by atoms with Gasteiger partial charge in [-0.15, -0.1) is 0 Å². The van der Waals surface area contributed by atoms with E-state index in [9.17, 15) is 29.4 Å². The van der Waals surface area contributed by atoms with E-state index in [0.29, 0.717) is 11.4 Å². The Morgan fingerprint density at radius 1 is 0.604 bits per heavy atom. The number of aliphatic imine (C=N–C) groups is 2. The molecule has 266 valence electrons. The summed E-state index contributed by atoms with van der Waals surface area (Å²) in [5.74, 6) is 0. The summed E-state index contributed by atoms with van der Waals surface area (Å²) in [4.78, 5) is 29.8. The highest BCUT2D eigenvalue weighted by atomic mass is 31.2. The molecule has 0 saturated heterocycles. The molecule has 0 amide bonds. The third kappa shape index (κ3) is 13.3. The van der Waals surface area contributed by atoms with Gasteiger partial charge in [0.25, 0.3) is 11.4 Å².